The van der Waals surface area contributed by atoms with Crippen LogP contribution >= 0.6 is 0 Å². The van der Waals surface area contributed by atoms with Crippen molar-refractivity contribution in [1.29, 1.82) is 0 Å². The van der Waals surface area contributed by atoms with Gasteiger partial charge in [-0.2, -0.15) is 0 Å². The summed E-state index contributed by atoms with van der Waals surface area (Å²) in [7, 11) is 0. The fourth-order valence-corrected chi connectivity index (χ4v) is 3.94. The van der Waals surface area contributed by atoms with Gasteiger partial charge in [-0.05, 0) is 31.6 Å². The molecule has 2 saturated carbocycles. The summed E-state index contributed by atoms with van der Waals surface area (Å²) in [6.07, 6.45) is 5.36. The molecule has 0 aromatic rings. The summed E-state index contributed by atoms with van der Waals surface area (Å²) in [6, 6.07) is 0. The number of esters is 1. The van der Waals surface area contributed by atoms with Crippen molar-refractivity contribution in [1.82, 2.24) is 0 Å². The molecule has 2 fully saturated rings. The second-order valence-corrected chi connectivity index (χ2v) is 6.54. The molecule has 0 radical (unpaired) electrons. The SMILES string of the molecule is CCCC(=O)OC1C2(C)CCC(C2)C1(C)C. The summed E-state index contributed by atoms with van der Waals surface area (Å²) in [5, 5.41) is 0. The molecule has 0 aromatic carbocycles. The zero-order chi connectivity index (χ0) is 12.0. The van der Waals surface area contributed by atoms with Gasteiger partial charge in [0.2, 0.25) is 0 Å². The van der Waals surface area contributed by atoms with Crippen molar-refractivity contribution in [2.45, 2.75) is 65.9 Å². The molecule has 0 aliphatic heterocycles. The standard InChI is InChI=1S/C14H24O2/c1-5-6-11(15)16-12-13(2,3)10-7-8-14(12,4)9-10/h10,12H,5-9H2,1-4H3. The lowest BCUT2D eigenvalue weighted by Gasteiger charge is -2.41. The third kappa shape index (κ3) is 1.66. The molecule has 92 valence electrons. The summed E-state index contributed by atoms with van der Waals surface area (Å²) in [6.45, 7) is 8.86. The highest BCUT2D eigenvalue weighted by molar-refractivity contribution is 5.69. The van der Waals surface area contributed by atoms with Gasteiger partial charge in [0, 0.05) is 17.3 Å². The maximum Gasteiger partial charge on any atom is 0.306 e. The van der Waals surface area contributed by atoms with Crippen molar-refractivity contribution in [3.8, 4) is 0 Å². The first kappa shape index (κ1) is 11.9. The first-order chi connectivity index (χ1) is 7.40. The smallest absolute Gasteiger partial charge is 0.306 e. The van der Waals surface area contributed by atoms with E-state index in [-0.39, 0.29) is 22.9 Å². The summed E-state index contributed by atoms with van der Waals surface area (Å²) >= 11 is 0. The lowest BCUT2D eigenvalue weighted by atomic mass is 9.70. The van der Waals surface area contributed by atoms with Crippen LogP contribution in [0.1, 0.15) is 59.8 Å². The average Bonchev–Trinajstić information content (AvgIpc) is 2.64. The molecule has 2 rings (SSSR count). The molecule has 2 heteroatoms. The molecular formula is C14H24O2. The van der Waals surface area contributed by atoms with Gasteiger partial charge in [0.15, 0.2) is 0 Å². The minimum Gasteiger partial charge on any atom is -0.461 e. The van der Waals surface area contributed by atoms with Crippen molar-refractivity contribution in [3.63, 3.8) is 0 Å². The highest BCUT2D eigenvalue weighted by Gasteiger charge is 2.61. The van der Waals surface area contributed by atoms with E-state index in [1.54, 1.807) is 0 Å². The van der Waals surface area contributed by atoms with E-state index in [1.165, 1.54) is 19.3 Å². The quantitative estimate of drug-likeness (QED) is 0.685. The van der Waals surface area contributed by atoms with Crippen LogP contribution < -0.4 is 0 Å². The zero-order valence-electron chi connectivity index (χ0n) is 11.0. The maximum absolute atomic E-state index is 11.7. The van der Waals surface area contributed by atoms with Crippen LogP contribution in [-0.2, 0) is 9.53 Å². The van der Waals surface area contributed by atoms with Crippen molar-refractivity contribution in [3.05, 3.63) is 0 Å². The summed E-state index contributed by atoms with van der Waals surface area (Å²) < 4.78 is 5.76. The van der Waals surface area contributed by atoms with Crippen molar-refractivity contribution in [2.24, 2.45) is 16.7 Å². The van der Waals surface area contributed by atoms with Crippen molar-refractivity contribution < 1.29 is 9.53 Å². The summed E-state index contributed by atoms with van der Waals surface area (Å²) in [5.41, 5.74) is 0.425. The van der Waals surface area contributed by atoms with Crippen LogP contribution in [0, 0.1) is 16.7 Å². The van der Waals surface area contributed by atoms with E-state index in [0.29, 0.717) is 6.42 Å². The van der Waals surface area contributed by atoms with Crippen LogP contribution in [0.15, 0.2) is 0 Å². The summed E-state index contributed by atoms with van der Waals surface area (Å²) in [4.78, 5) is 11.7. The van der Waals surface area contributed by atoms with Crippen LogP contribution in [0.3, 0.4) is 0 Å². The Kier molecular flexibility index (Phi) is 2.80. The highest BCUT2D eigenvalue weighted by Crippen LogP contribution is 2.63. The van der Waals surface area contributed by atoms with Crippen molar-refractivity contribution in [2.75, 3.05) is 0 Å². The topological polar surface area (TPSA) is 26.3 Å². The van der Waals surface area contributed by atoms with Gasteiger partial charge in [0.1, 0.15) is 6.10 Å². The number of fused-ring (bicyclic) bond motifs is 2. The molecule has 3 atom stereocenters. The maximum atomic E-state index is 11.7. The Labute approximate surface area is 98.7 Å². The molecule has 0 heterocycles. The van der Waals surface area contributed by atoms with Crippen molar-refractivity contribution >= 4 is 5.97 Å². The first-order valence-electron chi connectivity index (χ1n) is 6.59. The van der Waals surface area contributed by atoms with Crippen LogP contribution in [0.4, 0.5) is 0 Å². The number of hydrogen-bond acceptors (Lipinski definition) is 2. The Morgan fingerprint density at radius 1 is 1.38 bits per heavy atom. The molecule has 0 saturated heterocycles. The van der Waals surface area contributed by atoms with Gasteiger partial charge >= 0.3 is 5.97 Å². The minimum atomic E-state index is -0.00523. The minimum absolute atomic E-state index is 0.00523. The van der Waals surface area contributed by atoms with Crippen LogP contribution in [0.25, 0.3) is 0 Å². The second kappa shape index (κ2) is 3.75. The molecule has 0 N–H and O–H groups in total. The normalized spacial score (nSPS) is 40.0. The fraction of sp³-hybridized carbons (Fsp3) is 0.929. The Bertz CT molecular complexity index is 290. The largest absolute Gasteiger partial charge is 0.461 e. The summed E-state index contributed by atoms with van der Waals surface area (Å²) in [5.74, 6) is 0.742. The molecule has 2 nitrogen and oxygen atoms in total. The lowest BCUT2D eigenvalue weighted by molar-refractivity contribution is -0.164. The number of ether oxygens (including phenoxy) is 1. The van der Waals surface area contributed by atoms with Gasteiger partial charge in [-0.1, -0.05) is 27.7 Å². The van der Waals surface area contributed by atoms with Crippen LogP contribution in [0.2, 0.25) is 0 Å². The van der Waals surface area contributed by atoms with E-state index >= 15 is 0 Å². The predicted octanol–water partition coefficient (Wildman–Crippen LogP) is 3.54. The zero-order valence-corrected chi connectivity index (χ0v) is 11.0. The Morgan fingerprint density at radius 2 is 2.06 bits per heavy atom. The third-order valence-electron chi connectivity index (χ3n) is 4.84. The van der Waals surface area contributed by atoms with E-state index in [2.05, 4.69) is 20.8 Å². The van der Waals surface area contributed by atoms with E-state index in [9.17, 15) is 4.79 Å². The molecule has 0 spiro atoms. The monoisotopic (exact) mass is 224 g/mol. The molecular weight excluding hydrogens is 200 g/mol. The fourth-order valence-electron chi connectivity index (χ4n) is 3.94. The van der Waals surface area contributed by atoms with Crippen LogP contribution in [0.5, 0.6) is 0 Å². The van der Waals surface area contributed by atoms with Gasteiger partial charge in [-0.3, -0.25) is 4.79 Å². The Morgan fingerprint density at radius 3 is 2.56 bits per heavy atom. The first-order valence-corrected chi connectivity index (χ1v) is 6.59. The number of hydrogen-bond donors (Lipinski definition) is 0. The van der Waals surface area contributed by atoms with Gasteiger partial charge < -0.3 is 4.74 Å². The molecule has 2 bridgehead atoms. The number of carbonyl (C=O) groups excluding carboxylic acids is 1. The molecule has 3 unspecified atom stereocenters. The average molecular weight is 224 g/mol. The van der Waals surface area contributed by atoms with Gasteiger partial charge in [0.25, 0.3) is 0 Å². The van der Waals surface area contributed by atoms with Gasteiger partial charge in [0.05, 0.1) is 0 Å². The lowest BCUT2D eigenvalue weighted by Crippen LogP contribution is -2.43. The Balaban J connectivity index is 2.11. The van der Waals surface area contributed by atoms with E-state index in [4.69, 9.17) is 4.74 Å². The van der Waals surface area contributed by atoms with E-state index in [1.807, 2.05) is 6.92 Å². The molecule has 0 amide bonds. The Hall–Kier alpha value is -0.530. The van der Waals surface area contributed by atoms with E-state index < -0.39 is 0 Å². The van der Waals surface area contributed by atoms with E-state index in [0.717, 1.165) is 12.3 Å². The molecule has 16 heavy (non-hydrogen) atoms. The molecule has 0 aromatic heterocycles. The predicted molar refractivity (Wildman–Crippen MR) is 64.0 cm³/mol. The van der Waals surface area contributed by atoms with Crippen LogP contribution in [-0.4, -0.2) is 12.1 Å². The number of rotatable bonds is 3. The van der Waals surface area contributed by atoms with Gasteiger partial charge in [-0.15, -0.1) is 0 Å². The molecule has 2 aliphatic carbocycles. The number of carbonyl (C=O) groups is 1. The second-order valence-electron chi connectivity index (χ2n) is 6.54. The molecule has 2 aliphatic rings. The third-order valence-corrected chi connectivity index (χ3v) is 4.84. The highest BCUT2D eigenvalue weighted by atomic mass is 16.5. The van der Waals surface area contributed by atoms with Gasteiger partial charge in [-0.25, -0.2) is 0 Å².